The van der Waals surface area contributed by atoms with Crippen molar-refractivity contribution in [3.05, 3.63) is 36.0 Å². The lowest BCUT2D eigenvalue weighted by atomic mass is 9.78. The highest BCUT2D eigenvalue weighted by atomic mass is 16.7. The van der Waals surface area contributed by atoms with Crippen LogP contribution in [0.15, 0.2) is 36.0 Å². The summed E-state index contributed by atoms with van der Waals surface area (Å²) in [6.45, 7) is 10.1. The number of aliphatic hydroxyl groups is 4. The maximum Gasteiger partial charge on any atom is 0.331 e. The Morgan fingerprint density at radius 1 is 0.869 bits per heavy atom. The van der Waals surface area contributed by atoms with Crippen molar-refractivity contribution in [3.8, 4) is 0 Å². The van der Waals surface area contributed by atoms with Crippen LogP contribution in [0.4, 0.5) is 0 Å². The third-order valence-corrected chi connectivity index (χ3v) is 13.8. The molecule has 0 unspecified atom stereocenters. The van der Waals surface area contributed by atoms with Crippen LogP contribution in [0.2, 0.25) is 0 Å². The minimum Gasteiger partial charge on any atom is -0.458 e. The van der Waals surface area contributed by atoms with Crippen molar-refractivity contribution in [2.75, 3.05) is 41.7 Å². The quantitative estimate of drug-likeness (QED) is 0.125. The number of hydrogen-bond acceptors (Lipinski definition) is 15. The summed E-state index contributed by atoms with van der Waals surface area (Å²) in [5.74, 6) is -1.52. The van der Waals surface area contributed by atoms with Crippen LogP contribution in [0.25, 0.3) is 0 Å². The van der Waals surface area contributed by atoms with Crippen molar-refractivity contribution >= 4 is 5.97 Å². The van der Waals surface area contributed by atoms with Gasteiger partial charge in [0, 0.05) is 65.6 Å². The summed E-state index contributed by atoms with van der Waals surface area (Å²) in [6, 6.07) is 0. The molecule has 0 aromatic heterocycles. The van der Waals surface area contributed by atoms with Gasteiger partial charge in [0.15, 0.2) is 6.29 Å². The van der Waals surface area contributed by atoms with Gasteiger partial charge in [0.2, 0.25) is 0 Å². The monoisotopic (exact) mass is 869 g/mol. The Labute approximate surface area is 363 Å². The Balaban J connectivity index is 1.40. The van der Waals surface area contributed by atoms with Crippen LogP contribution in [0.3, 0.4) is 0 Å². The SMILES string of the molecule is CO[C@H]1C[C@H](CC[C@H](C)[C@H](O)[C@H](C)[C@H]2OC(=O)C=CC(C)=CC[C@H](O[C@H]3OC[C@@H](O)[C@H](O)[C@H]3O)C[C@@H]3C=CC[C@@H](C[C@H](OC)[C@@]4(CO4)[C@@H](OC)C[C@@H](OC)[C@@H]2C)O3)O[C@@H](C)C1. The molecule has 0 amide bonds. The van der Waals surface area contributed by atoms with Gasteiger partial charge in [-0.3, -0.25) is 0 Å². The molecule has 0 radical (unpaired) electrons. The van der Waals surface area contributed by atoms with E-state index in [0.29, 0.717) is 38.7 Å². The molecule has 0 saturated carbocycles. The van der Waals surface area contributed by atoms with Crippen LogP contribution in [0.5, 0.6) is 0 Å². The summed E-state index contributed by atoms with van der Waals surface area (Å²) in [6.07, 6.45) is 5.65. The summed E-state index contributed by atoms with van der Waals surface area (Å²) in [4.78, 5) is 13.7. The van der Waals surface area contributed by atoms with Gasteiger partial charge in [0.25, 0.3) is 0 Å². The van der Waals surface area contributed by atoms with E-state index in [4.69, 9.17) is 47.4 Å². The maximum absolute atomic E-state index is 13.7. The fourth-order valence-electron chi connectivity index (χ4n) is 9.77. The van der Waals surface area contributed by atoms with Crippen LogP contribution in [0, 0.1) is 17.8 Å². The molecule has 5 heterocycles. The molecule has 0 aliphatic carbocycles. The fourth-order valence-corrected chi connectivity index (χ4v) is 9.77. The van der Waals surface area contributed by atoms with E-state index in [1.165, 1.54) is 6.08 Å². The molecular weight excluding hydrogens is 792 g/mol. The highest BCUT2D eigenvalue weighted by Gasteiger charge is 2.59. The average molecular weight is 869 g/mol. The zero-order chi connectivity index (χ0) is 44.4. The Bertz CT molecular complexity index is 1440. The topological polar surface area (TPSA) is 194 Å². The Hall–Kier alpha value is -1.83. The van der Waals surface area contributed by atoms with E-state index >= 15 is 0 Å². The number of rotatable bonds is 12. The number of carbonyl (C=O) groups excluding carboxylic acids is 1. The summed E-state index contributed by atoms with van der Waals surface area (Å²) >= 11 is 0. The number of carbonyl (C=O) groups is 1. The van der Waals surface area contributed by atoms with Gasteiger partial charge in [-0.1, -0.05) is 50.6 Å². The molecule has 350 valence electrons. The Morgan fingerprint density at radius 2 is 1.59 bits per heavy atom. The largest absolute Gasteiger partial charge is 0.458 e. The standard InChI is InChI=1S/C46H76O15/c1-26-13-16-34(60-45-43(51)42(50)36(47)24-56-45)20-31-11-10-12-32(59-31)22-38(54-8)46(25-57-46)39(55-9)23-37(53-7)29(4)44(61-40(48)18-14-26)30(5)41(49)27(2)15-17-33-21-35(52-6)19-28(3)58-33/h10-11,13-14,18,27-39,41-45,47,49-51H,12,15-17,19-25H2,1-9H3/t27-,28-,29-,30-,31-,32-,33-,34-,35+,36+,37+,38-,39-,41-,42-,43+,44-,45+,46-/m0/s1. The first-order valence-corrected chi connectivity index (χ1v) is 22.4. The number of allylic oxidation sites excluding steroid dienone is 2. The van der Waals surface area contributed by atoms with Crippen molar-refractivity contribution in [1.29, 1.82) is 0 Å². The molecule has 15 nitrogen and oxygen atoms in total. The molecule has 5 rings (SSSR count). The van der Waals surface area contributed by atoms with Crippen molar-refractivity contribution < 1.29 is 72.6 Å². The molecule has 5 aliphatic heterocycles. The van der Waals surface area contributed by atoms with E-state index in [0.717, 1.165) is 31.3 Å². The second kappa shape index (κ2) is 23.4. The van der Waals surface area contributed by atoms with E-state index in [9.17, 15) is 25.2 Å². The number of aliphatic hydroxyl groups excluding tert-OH is 4. The van der Waals surface area contributed by atoms with Gasteiger partial charge < -0.3 is 67.8 Å². The molecule has 3 saturated heterocycles. The number of hydrogen-bond donors (Lipinski definition) is 4. The normalized spacial score (nSPS) is 42.3. The van der Waals surface area contributed by atoms with Gasteiger partial charge in [-0.25, -0.2) is 4.79 Å². The molecule has 5 aliphatic rings. The number of methoxy groups -OCH3 is 4. The molecule has 4 N–H and O–H groups in total. The second-order valence-electron chi connectivity index (χ2n) is 18.2. The van der Waals surface area contributed by atoms with E-state index in [-0.39, 0.29) is 55.1 Å². The molecular formula is C46H76O15. The highest BCUT2D eigenvalue weighted by molar-refractivity contribution is 5.82. The predicted molar refractivity (Wildman–Crippen MR) is 224 cm³/mol. The van der Waals surface area contributed by atoms with Gasteiger partial charge in [-0.2, -0.15) is 0 Å². The van der Waals surface area contributed by atoms with Gasteiger partial charge in [0.05, 0.1) is 74.3 Å². The molecule has 0 aromatic carbocycles. The van der Waals surface area contributed by atoms with E-state index in [1.54, 1.807) is 34.5 Å². The van der Waals surface area contributed by atoms with Crippen LogP contribution in [0.1, 0.15) is 92.4 Å². The van der Waals surface area contributed by atoms with Crippen molar-refractivity contribution in [3.63, 3.8) is 0 Å². The maximum atomic E-state index is 13.7. The predicted octanol–water partition coefficient (Wildman–Crippen LogP) is 3.96. The number of epoxide rings is 1. The van der Waals surface area contributed by atoms with Crippen LogP contribution in [-0.2, 0) is 52.2 Å². The lowest BCUT2D eigenvalue weighted by Gasteiger charge is -2.39. The van der Waals surface area contributed by atoms with E-state index < -0.39 is 72.6 Å². The lowest BCUT2D eigenvalue weighted by Crippen LogP contribution is -2.54. The van der Waals surface area contributed by atoms with E-state index in [2.05, 4.69) is 13.0 Å². The fraction of sp³-hybridized carbons (Fsp3) is 0.848. The molecule has 1 spiro atoms. The number of ether oxygens (including phenoxy) is 10. The zero-order valence-electron chi connectivity index (χ0n) is 37.8. The molecule has 61 heavy (non-hydrogen) atoms. The Morgan fingerprint density at radius 3 is 2.26 bits per heavy atom. The minimum absolute atomic E-state index is 0.0388. The van der Waals surface area contributed by atoms with Crippen LogP contribution < -0.4 is 0 Å². The van der Waals surface area contributed by atoms with Crippen molar-refractivity contribution in [2.45, 2.75) is 190 Å². The Kier molecular flexibility index (Phi) is 19.2. The number of fused-ring (bicyclic) bond motifs is 2. The van der Waals surface area contributed by atoms with Gasteiger partial charge in [-0.15, -0.1) is 0 Å². The molecule has 15 heteroatoms. The minimum atomic E-state index is -1.46. The average Bonchev–Trinajstić information content (AvgIpc) is 4.06. The summed E-state index contributed by atoms with van der Waals surface area (Å²) in [5, 5.41) is 43.0. The van der Waals surface area contributed by atoms with Crippen molar-refractivity contribution in [2.24, 2.45) is 17.8 Å². The van der Waals surface area contributed by atoms with Crippen molar-refractivity contribution in [1.82, 2.24) is 0 Å². The molecule has 19 atom stereocenters. The third kappa shape index (κ3) is 13.4. The first-order valence-electron chi connectivity index (χ1n) is 22.4. The van der Waals surface area contributed by atoms with Gasteiger partial charge in [0.1, 0.15) is 30.0 Å². The van der Waals surface area contributed by atoms with Crippen LogP contribution >= 0.6 is 0 Å². The third-order valence-electron chi connectivity index (χ3n) is 13.8. The highest BCUT2D eigenvalue weighted by Crippen LogP contribution is 2.44. The summed E-state index contributed by atoms with van der Waals surface area (Å²) in [5.41, 5.74) is -0.0147. The molecule has 3 fully saturated rings. The first-order chi connectivity index (χ1) is 29.1. The number of esters is 1. The molecule has 2 bridgehead atoms. The van der Waals surface area contributed by atoms with Gasteiger partial charge in [-0.05, 0) is 58.3 Å². The van der Waals surface area contributed by atoms with Crippen LogP contribution in [-0.4, -0.2) is 165 Å². The first kappa shape index (κ1) is 50.2. The summed E-state index contributed by atoms with van der Waals surface area (Å²) in [7, 11) is 6.69. The lowest BCUT2D eigenvalue weighted by molar-refractivity contribution is -0.284. The smallest absolute Gasteiger partial charge is 0.331 e. The summed E-state index contributed by atoms with van der Waals surface area (Å²) < 4.78 is 61.4. The number of cyclic esters (lactones) is 1. The second-order valence-corrected chi connectivity index (χ2v) is 18.2. The van der Waals surface area contributed by atoms with Gasteiger partial charge >= 0.3 is 5.97 Å². The zero-order valence-corrected chi connectivity index (χ0v) is 37.8. The molecule has 0 aromatic rings. The van der Waals surface area contributed by atoms with E-state index in [1.807, 2.05) is 39.8 Å².